The Bertz CT molecular complexity index is 4160. The number of nitrogens with zero attached hydrogens (tertiary/aromatic N) is 3. The Balaban J connectivity index is 1.17. The number of para-hydroxylation sites is 1. The number of thiophene rings is 1. The second-order valence-corrected chi connectivity index (χ2v) is 28.3. The molecule has 4 heterocycles. The van der Waals surface area contributed by atoms with Gasteiger partial charge in [0.25, 0.3) is 6.71 Å². The fourth-order valence-electron chi connectivity index (χ4n) is 14.3. The molecule has 14 rings (SSSR count). The highest BCUT2D eigenvalue weighted by Gasteiger charge is 2.49. The topological polar surface area (TPSA) is 22.9 Å². The third-order valence-electron chi connectivity index (χ3n) is 19.1. The Hall–Kier alpha value is -7.02. The molecule has 0 N–H and O–H groups in total. The minimum absolute atomic E-state index is 0.00259. The molecule has 2 aliphatic heterocycles. The van der Waals surface area contributed by atoms with E-state index in [4.69, 9.17) is 4.42 Å². The van der Waals surface area contributed by atoms with E-state index in [0.717, 1.165) is 65.4 Å². The summed E-state index contributed by atoms with van der Waals surface area (Å²) in [5.41, 5.74) is 24.4. The van der Waals surface area contributed by atoms with Gasteiger partial charge in [-0.25, -0.2) is 0 Å². The standard InChI is InChI=1S/C72H72BN3OS/c1-43-20-18-22-46(36-43)74(57-25-16-14-21-44(57)2)48-39-60-64-61(40-48)76(59-26-19-24-50-49-23-15-17-27-63(49)78-66(50)59)58-31-28-45(68(3,4)5)37-56(58)73(64)67-65(51-41-54-55(42-62(51)77-67)72(12,13)35-34-71(54,10)11)75(60)47-29-30-52-53(38-47)70(8,9)33-32-69(52,6)7/h14-31,36-42H,32-35H2,1-13H3. The zero-order valence-corrected chi connectivity index (χ0v) is 48.8. The van der Waals surface area contributed by atoms with Gasteiger partial charge in [0.2, 0.25) is 0 Å². The molecule has 8 aromatic carbocycles. The van der Waals surface area contributed by atoms with Crippen molar-refractivity contribution in [3.63, 3.8) is 0 Å². The lowest BCUT2D eigenvalue weighted by atomic mass is 9.35. The van der Waals surface area contributed by atoms with Gasteiger partial charge in [0.15, 0.2) is 0 Å². The average Bonchev–Trinajstić information content (AvgIpc) is 3.87. The first-order valence-corrected chi connectivity index (χ1v) is 29.4. The maximum atomic E-state index is 7.82. The molecule has 4 aliphatic rings. The molecule has 0 spiro atoms. The van der Waals surface area contributed by atoms with Gasteiger partial charge < -0.3 is 19.1 Å². The van der Waals surface area contributed by atoms with Crippen molar-refractivity contribution in [3.8, 4) is 0 Å². The van der Waals surface area contributed by atoms with Gasteiger partial charge in [0, 0.05) is 55.0 Å². The van der Waals surface area contributed by atoms with E-state index in [1.807, 2.05) is 11.3 Å². The smallest absolute Gasteiger partial charge is 0.297 e. The Morgan fingerprint density at radius 1 is 0.526 bits per heavy atom. The second kappa shape index (κ2) is 16.8. The number of aryl methyl sites for hydroxylation is 2. The van der Waals surface area contributed by atoms with Crippen LogP contribution < -0.4 is 31.3 Å². The molecule has 0 amide bonds. The largest absolute Gasteiger partial charge is 0.468 e. The summed E-state index contributed by atoms with van der Waals surface area (Å²) >= 11 is 1.90. The van der Waals surface area contributed by atoms with Crippen molar-refractivity contribution in [1.82, 2.24) is 0 Å². The molecule has 0 atom stereocenters. The summed E-state index contributed by atoms with van der Waals surface area (Å²) in [6, 6.07) is 58.8. The van der Waals surface area contributed by atoms with E-state index in [2.05, 4.69) is 256 Å². The molecule has 78 heavy (non-hydrogen) atoms. The first kappa shape index (κ1) is 49.3. The first-order chi connectivity index (χ1) is 37.1. The van der Waals surface area contributed by atoms with Crippen LogP contribution in [0.5, 0.6) is 0 Å². The van der Waals surface area contributed by atoms with Crippen molar-refractivity contribution in [2.75, 3.05) is 14.7 Å². The third-order valence-corrected chi connectivity index (χ3v) is 20.3. The molecular weight excluding hydrogens is 966 g/mol. The van der Waals surface area contributed by atoms with Gasteiger partial charge in [0.05, 0.1) is 27.4 Å². The molecular formula is C72H72BN3OS. The lowest BCUT2D eigenvalue weighted by Crippen LogP contribution is -2.61. The van der Waals surface area contributed by atoms with Gasteiger partial charge in [-0.2, -0.15) is 0 Å². The fraction of sp³-hybridized carbons (Fsp3) is 0.306. The molecule has 6 heteroatoms. The number of furan rings is 1. The monoisotopic (exact) mass is 1040 g/mol. The lowest BCUT2D eigenvalue weighted by Gasteiger charge is -2.45. The minimum atomic E-state index is -0.213. The summed E-state index contributed by atoms with van der Waals surface area (Å²) in [4.78, 5) is 7.82. The molecule has 2 aromatic heterocycles. The summed E-state index contributed by atoms with van der Waals surface area (Å²) in [5.74, 6) is 0. The van der Waals surface area contributed by atoms with Crippen molar-refractivity contribution in [3.05, 3.63) is 191 Å². The van der Waals surface area contributed by atoms with E-state index >= 15 is 0 Å². The number of hydrogen-bond acceptors (Lipinski definition) is 5. The van der Waals surface area contributed by atoms with E-state index in [1.165, 1.54) is 98.2 Å². The summed E-state index contributed by atoms with van der Waals surface area (Å²) < 4.78 is 10.4. The average molecular weight is 1040 g/mol. The van der Waals surface area contributed by atoms with Gasteiger partial charge in [-0.05, 0) is 189 Å². The molecule has 0 bridgehead atoms. The zero-order valence-electron chi connectivity index (χ0n) is 48.0. The number of benzene rings is 8. The third kappa shape index (κ3) is 7.30. The molecule has 0 unspecified atom stereocenters. The lowest BCUT2D eigenvalue weighted by molar-refractivity contribution is 0.332. The van der Waals surface area contributed by atoms with Crippen molar-refractivity contribution >= 4 is 117 Å². The fourth-order valence-corrected chi connectivity index (χ4v) is 15.5. The van der Waals surface area contributed by atoms with Gasteiger partial charge in [-0.15, -0.1) is 11.3 Å². The highest BCUT2D eigenvalue weighted by Crippen LogP contribution is 2.56. The van der Waals surface area contributed by atoms with Crippen molar-refractivity contribution < 1.29 is 4.42 Å². The van der Waals surface area contributed by atoms with Crippen LogP contribution in [0.1, 0.15) is 141 Å². The van der Waals surface area contributed by atoms with Crippen LogP contribution in [0.15, 0.2) is 156 Å². The molecule has 0 radical (unpaired) electrons. The predicted molar refractivity (Wildman–Crippen MR) is 337 cm³/mol. The SMILES string of the molecule is Cc1cccc(N(c2cc3c4c(c2)N(c2cccc5c2sc2ccccc25)c2ccc(C(C)(C)C)cc2B4c2oc4cc5c(cc4c2N3c2ccc3c(c2)C(C)(C)CCC3(C)C)C(C)(C)CCC5(C)C)c2ccccc2C)c1. The summed E-state index contributed by atoms with van der Waals surface area (Å²) in [7, 11) is 0. The quantitative estimate of drug-likeness (QED) is 0.160. The summed E-state index contributed by atoms with van der Waals surface area (Å²) in [6.07, 6.45) is 4.56. The van der Waals surface area contributed by atoms with Crippen LogP contribution in [-0.2, 0) is 27.1 Å². The van der Waals surface area contributed by atoms with E-state index < -0.39 is 0 Å². The Labute approximate surface area is 466 Å². The minimum Gasteiger partial charge on any atom is -0.468 e. The van der Waals surface area contributed by atoms with Crippen LogP contribution in [0, 0.1) is 13.8 Å². The molecule has 0 saturated carbocycles. The van der Waals surface area contributed by atoms with E-state index in [9.17, 15) is 0 Å². The molecule has 4 nitrogen and oxygen atoms in total. The zero-order chi connectivity index (χ0) is 54.2. The maximum absolute atomic E-state index is 7.82. The first-order valence-electron chi connectivity index (χ1n) is 28.6. The van der Waals surface area contributed by atoms with Crippen LogP contribution >= 0.6 is 11.3 Å². The highest BCUT2D eigenvalue weighted by molar-refractivity contribution is 7.26. The van der Waals surface area contributed by atoms with Gasteiger partial charge in [0.1, 0.15) is 5.58 Å². The van der Waals surface area contributed by atoms with E-state index in [-0.39, 0.29) is 33.8 Å². The van der Waals surface area contributed by atoms with Crippen LogP contribution in [0.4, 0.5) is 51.2 Å². The van der Waals surface area contributed by atoms with E-state index in [0.29, 0.717) is 0 Å². The van der Waals surface area contributed by atoms with Crippen LogP contribution in [0.2, 0.25) is 0 Å². The van der Waals surface area contributed by atoms with Gasteiger partial charge in [-0.3, -0.25) is 0 Å². The summed E-state index contributed by atoms with van der Waals surface area (Å²) in [5, 5.41) is 3.76. The van der Waals surface area contributed by atoms with Gasteiger partial charge in [-0.1, -0.05) is 155 Å². The Morgan fingerprint density at radius 2 is 1.17 bits per heavy atom. The van der Waals surface area contributed by atoms with Crippen molar-refractivity contribution in [2.24, 2.45) is 0 Å². The number of fused-ring (bicyclic) bond motifs is 11. The maximum Gasteiger partial charge on any atom is 0.297 e. The number of anilines is 9. The van der Waals surface area contributed by atoms with Crippen LogP contribution in [-0.4, -0.2) is 6.71 Å². The molecule has 0 fully saturated rings. The van der Waals surface area contributed by atoms with Crippen molar-refractivity contribution in [1.29, 1.82) is 0 Å². The number of hydrogen-bond donors (Lipinski definition) is 0. The molecule has 390 valence electrons. The van der Waals surface area contributed by atoms with E-state index in [1.54, 1.807) is 0 Å². The second-order valence-electron chi connectivity index (χ2n) is 27.2. The highest BCUT2D eigenvalue weighted by atomic mass is 32.1. The Kier molecular flexibility index (Phi) is 10.6. The molecule has 2 aliphatic carbocycles. The van der Waals surface area contributed by atoms with Crippen molar-refractivity contribution in [2.45, 2.75) is 143 Å². The Morgan fingerprint density at radius 3 is 1.88 bits per heavy atom. The van der Waals surface area contributed by atoms with Crippen LogP contribution in [0.3, 0.4) is 0 Å². The van der Waals surface area contributed by atoms with Gasteiger partial charge >= 0.3 is 0 Å². The molecule has 0 saturated heterocycles. The predicted octanol–water partition coefficient (Wildman–Crippen LogP) is 19.0. The van der Waals surface area contributed by atoms with Crippen LogP contribution in [0.25, 0.3) is 31.1 Å². The molecule has 10 aromatic rings. The summed E-state index contributed by atoms with van der Waals surface area (Å²) in [6.45, 7) is 30.9. The normalized spacial score (nSPS) is 17.4. The number of rotatable bonds is 5.